The maximum absolute atomic E-state index is 9.62. The summed E-state index contributed by atoms with van der Waals surface area (Å²) in [4.78, 5) is 4.58. The minimum atomic E-state index is -0.350. The van der Waals surface area contributed by atoms with Gasteiger partial charge in [0.1, 0.15) is 6.07 Å². The van der Waals surface area contributed by atoms with Crippen LogP contribution in [0.2, 0.25) is 5.02 Å². The molecule has 0 unspecified atom stereocenters. The number of hydrogen-bond acceptors (Lipinski definition) is 4. The summed E-state index contributed by atoms with van der Waals surface area (Å²) in [7, 11) is 0. The predicted molar refractivity (Wildman–Crippen MR) is 126 cm³/mol. The zero-order valence-corrected chi connectivity index (χ0v) is 21.7. The fourth-order valence-electron chi connectivity index (χ4n) is 3.29. The van der Waals surface area contributed by atoms with Crippen LogP contribution < -0.4 is 30.7 Å². The minimum Gasteiger partial charge on any atom is -0.192 e. The molecule has 0 saturated heterocycles. The van der Waals surface area contributed by atoms with E-state index in [1.54, 1.807) is 0 Å². The number of rotatable bonds is 8. The summed E-state index contributed by atoms with van der Waals surface area (Å²) in [6.07, 6.45) is 2.91. The van der Waals surface area contributed by atoms with Crippen molar-refractivity contribution in [2.75, 3.05) is 13.2 Å². The molecule has 0 fully saturated rings. The first-order valence-electron chi connectivity index (χ1n) is 10.5. The second kappa shape index (κ2) is 11.0. The molecule has 2 aromatic rings. The van der Waals surface area contributed by atoms with Crippen LogP contribution in [0, 0.1) is 11.3 Å². The Morgan fingerprint density at radius 1 is 1.12 bits per heavy atom. The van der Waals surface area contributed by atoms with Gasteiger partial charge >= 0.3 is 143 Å². The molecule has 3 rings (SSSR count). The number of nitriles is 1. The Bertz CT molecular complexity index is 1100. The van der Waals surface area contributed by atoms with E-state index in [0.29, 0.717) is 29.5 Å². The molecule has 6 heteroatoms. The second-order valence-corrected chi connectivity index (χ2v) is 10.5. The van der Waals surface area contributed by atoms with E-state index in [1.807, 2.05) is 38.1 Å². The molecule has 4 nitrogen and oxygen atoms in total. The van der Waals surface area contributed by atoms with Crippen molar-refractivity contribution < 1.29 is 30.7 Å². The van der Waals surface area contributed by atoms with Crippen LogP contribution in [0.3, 0.4) is 0 Å². The van der Waals surface area contributed by atoms with Crippen molar-refractivity contribution in [2.45, 2.75) is 39.5 Å². The van der Waals surface area contributed by atoms with Crippen LogP contribution >= 0.6 is 11.6 Å². The van der Waals surface area contributed by atoms with Crippen molar-refractivity contribution in [1.82, 2.24) is 0 Å². The van der Waals surface area contributed by atoms with Gasteiger partial charge in [0, 0.05) is 0 Å². The van der Waals surface area contributed by atoms with E-state index >= 15 is 0 Å². The van der Waals surface area contributed by atoms with Gasteiger partial charge in [-0.25, -0.2) is 0 Å². The first-order valence-corrected chi connectivity index (χ1v) is 13.3. The van der Waals surface area contributed by atoms with Gasteiger partial charge in [-0.3, -0.25) is 0 Å². The molecular formula is C26H27ClIN2O2-. The Labute approximate surface area is 205 Å². The summed E-state index contributed by atoms with van der Waals surface area (Å²) in [6, 6.07) is 14.0. The summed E-state index contributed by atoms with van der Waals surface area (Å²) in [5.74, 6) is 1.25. The molecule has 1 heterocycles. The van der Waals surface area contributed by atoms with Crippen molar-refractivity contribution in [3.8, 4) is 17.6 Å². The average Bonchev–Trinajstić information content (AvgIpc) is 3.00. The summed E-state index contributed by atoms with van der Waals surface area (Å²) in [6.45, 7) is 9.24. The van der Waals surface area contributed by atoms with Gasteiger partial charge in [-0.1, -0.05) is 18.5 Å². The standard InChI is InChI=1S/C26H27ClIN2O2/c1-5-12-31-25-19(16-29)13-21(14-24(25)27)26(3,4)20-6-8-23(9-7-20)32-17-22-10-11-28-15-18(2)30-22/h6-11,13-15H,5,12,17H2,1-4H3/q-1. The van der Waals surface area contributed by atoms with Crippen LogP contribution in [0.5, 0.6) is 11.5 Å². The summed E-state index contributed by atoms with van der Waals surface area (Å²) in [5.41, 5.74) is 4.15. The molecule has 0 radical (unpaired) electrons. The zero-order chi connectivity index (χ0) is 23.1. The maximum atomic E-state index is 9.62. The van der Waals surface area contributed by atoms with Crippen LogP contribution in [0.25, 0.3) is 0 Å². The molecule has 32 heavy (non-hydrogen) atoms. The predicted octanol–water partition coefficient (Wildman–Crippen LogP) is 3.62. The van der Waals surface area contributed by atoms with Gasteiger partial charge in [0.15, 0.2) is 5.75 Å². The van der Waals surface area contributed by atoms with Crippen LogP contribution in [0.15, 0.2) is 61.3 Å². The van der Waals surface area contributed by atoms with E-state index in [1.165, 1.54) is 0 Å². The number of ether oxygens (including phenoxy) is 2. The van der Waals surface area contributed by atoms with Gasteiger partial charge in [-0.2, -0.15) is 5.26 Å². The summed E-state index contributed by atoms with van der Waals surface area (Å²) >= 11 is 6.44. The van der Waals surface area contributed by atoms with Gasteiger partial charge < -0.3 is 4.74 Å². The molecule has 0 spiro atoms. The van der Waals surface area contributed by atoms with Gasteiger partial charge in [0.2, 0.25) is 0 Å². The molecule has 0 saturated carbocycles. The molecule has 0 bridgehead atoms. The molecule has 2 aromatic carbocycles. The monoisotopic (exact) mass is 561 g/mol. The molecule has 0 aromatic heterocycles. The van der Waals surface area contributed by atoms with Crippen molar-refractivity contribution in [3.63, 3.8) is 0 Å². The zero-order valence-electron chi connectivity index (χ0n) is 18.8. The van der Waals surface area contributed by atoms with E-state index in [9.17, 15) is 5.26 Å². The molecule has 1 aliphatic rings. The number of aliphatic imine (C=N–C) groups is 1. The number of halogens is 2. The van der Waals surface area contributed by atoms with Crippen LogP contribution in [0.4, 0.5) is 0 Å². The van der Waals surface area contributed by atoms with Gasteiger partial charge in [0.05, 0.1) is 17.2 Å². The number of nitrogens with zero attached hydrogens (tertiary/aromatic N) is 2. The van der Waals surface area contributed by atoms with E-state index in [4.69, 9.17) is 21.1 Å². The third-order valence-corrected chi connectivity index (χ3v) is 7.48. The molecule has 0 atom stereocenters. The summed E-state index contributed by atoms with van der Waals surface area (Å²) in [5, 5.41) is 10.1. The smallest absolute Gasteiger partial charge is 0.192 e. The summed E-state index contributed by atoms with van der Waals surface area (Å²) < 4.78 is 16.1. The van der Waals surface area contributed by atoms with E-state index in [0.717, 1.165) is 34.7 Å². The normalized spacial score (nSPS) is 13.9. The van der Waals surface area contributed by atoms with Crippen molar-refractivity contribution in [3.05, 3.63) is 78.0 Å². The SMILES string of the molecule is CCCOc1c(Cl)cc(C(C)(C)c2ccc(OCC3=NC(C)=C[I-]C=C3)cc2)cc1C#N. The second-order valence-electron chi connectivity index (χ2n) is 8.01. The van der Waals surface area contributed by atoms with E-state index < -0.39 is 0 Å². The Morgan fingerprint density at radius 3 is 2.56 bits per heavy atom. The third kappa shape index (κ3) is 5.93. The third-order valence-electron chi connectivity index (χ3n) is 5.17. The minimum absolute atomic E-state index is 0.0493. The molecule has 0 N–H and O–H groups in total. The molecular weight excluding hydrogens is 535 g/mol. The van der Waals surface area contributed by atoms with Crippen LogP contribution in [-0.2, 0) is 5.41 Å². The molecule has 168 valence electrons. The average molecular weight is 562 g/mol. The number of benzene rings is 2. The fourth-order valence-corrected chi connectivity index (χ4v) is 5.05. The first kappa shape index (κ1) is 24.3. The topological polar surface area (TPSA) is 54.6 Å². The van der Waals surface area contributed by atoms with E-state index in [2.05, 4.69) is 51.3 Å². The Morgan fingerprint density at radius 2 is 1.88 bits per heavy atom. The van der Waals surface area contributed by atoms with E-state index in [-0.39, 0.29) is 26.6 Å². The Balaban J connectivity index is 1.78. The van der Waals surface area contributed by atoms with Crippen molar-refractivity contribution in [1.29, 1.82) is 5.26 Å². The Kier molecular flexibility index (Phi) is 8.38. The molecule has 1 aliphatic heterocycles. The van der Waals surface area contributed by atoms with Gasteiger partial charge in [0.25, 0.3) is 0 Å². The fraction of sp³-hybridized carbons (Fsp3) is 0.308. The van der Waals surface area contributed by atoms with Gasteiger partial charge in [-0.05, 0) is 6.42 Å². The number of allylic oxidation sites excluding steroid dienone is 1. The quantitative estimate of drug-likeness (QED) is 0.463. The van der Waals surface area contributed by atoms with Gasteiger partial charge in [-0.15, -0.1) is 0 Å². The first-order chi connectivity index (χ1) is 15.3. The van der Waals surface area contributed by atoms with Crippen molar-refractivity contribution in [2.24, 2.45) is 4.99 Å². The van der Waals surface area contributed by atoms with Crippen LogP contribution in [-0.4, -0.2) is 18.9 Å². The molecule has 0 aliphatic carbocycles. The van der Waals surface area contributed by atoms with Crippen LogP contribution in [0.1, 0.15) is 50.8 Å². The molecule has 0 amide bonds. The van der Waals surface area contributed by atoms with Crippen molar-refractivity contribution >= 4 is 17.3 Å². The number of hydrogen-bond donors (Lipinski definition) is 0. The Hall–Kier alpha value is -2.30.